The lowest BCUT2D eigenvalue weighted by Crippen LogP contribution is -2.31. The molecule has 1 atom stereocenters. The summed E-state index contributed by atoms with van der Waals surface area (Å²) < 4.78 is 4.96. The first-order chi connectivity index (χ1) is 13.1. The number of pyridine rings is 1. The molecule has 4 amide bonds. The van der Waals surface area contributed by atoms with Crippen LogP contribution in [-0.2, 0) is 16.1 Å². The Morgan fingerprint density at radius 1 is 1.22 bits per heavy atom. The van der Waals surface area contributed by atoms with Crippen molar-refractivity contribution in [2.75, 3.05) is 12.4 Å². The molecule has 0 radical (unpaired) electrons. The first kappa shape index (κ1) is 18.4. The number of hydrogen-bond acceptors (Lipinski definition) is 5. The van der Waals surface area contributed by atoms with Crippen LogP contribution in [0.5, 0.6) is 5.88 Å². The Bertz CT molecular complexity index is 823. The van der Waals surface area contributed by atoms with E-state index in [1.807, 2.05) is 30.3 Å². The molecular formula is C19H20N4O4. The number of ether oxygens (including phenoxy) is 1. The molecule has 0 unspecified atom stereocenters. The molecule has 2 N–H and O–H groups in total. The number of carbonyl (C=O) groups excluding carboxylic acids is 3. The summed E-state index contributed by atoms with van der Waals surface area (Å²) >= 11 is 0. The zero-order chi connectivity index (χ0) is 19.2. The van der Waals surface area contributed by atoms with Gasteiger partial charge >= 0.3 is 6.03 Å². The topological polar surface area (TPSA) is 101 Å². The summed E-state index contributed by atoms with van der Waals surface area (Å²) in [6.45, 7) is 0.214. The van der Waals surface area contributed by atoms with Crippen molar-refractivity contribution in [1.82, 2.24) is 15.2 Å². The number of carbonyl (C=O) groups is 3. The van der Waals surface area contributed by atoms with Gasteiger partial charge < -0.3 is 15.4 Å². The second-order valence-electron chi connectivity index (χ2n) is 6.09. The fourth-order valence-corrected chi connectivity index (χ4v) is 2.76. The minimum Gasteiger partial charge on any atom is -0.481 e. The van der Waals surface area contributed by atoms with Crippen LogP contribution < -0.4 is 15.4 Å². The number of aromatic nitrogens is 1. The predicted octanol–water partition coefficient (Wildman–Crippen LogP) is 1.93. The summed E-state index contributed by atoms with van der Waals surface area (Å²) in [5.41, 5.74) is 1.40. The number of imide groups is 1. The highest BCUT2D eigenvalue weighted by molar-refractivity contribution is 6.04. The van der Waals surface area contributed by atoms with Gasteiger partial charge in [-0.1, -0.05) is 30.3 Å². The number of benzene rings is 1. The van der Waals surface area contributed by atoms with Crippen molar-refractivity contribution in [3.63, 3.8) is 0 Å². The van der Waals surface area contributed by atoms with Gasteiger partial charge in [0.2, 0.25) is 11.8 Å². The SMILES string of the molecule is COc1ccc(NC(=O)CC[C@H]2NC(=O)N(Cc3ccccc3)C2=O)cn1. The van der Waals surface area contributed by atoms with Crippen molar-refractivity contribution >= 4 is 23.5 Å². The molecule has 0 spiro atoms. The summed E-state index contributed by atoms with van der Waals surface area (Å²) in [7, 11) is 1.51. The highest BCUT2D eigenvalue weighted by Crippen LogP contribution is 2.16. The van der Waals surface area contributed by atoms with Gasteiger partial charge in [-0.25, -0.2) is 9.78 Å². The van der Waals surface area contributed by atoms with Gasteiger partial charge in [0.05, 0.1) is 25.5 Å². The summed E-state index contributed by atoms with van der Waals surface area (Å²) in [6, 6.07) is 11.5. The molecule has 3 rings (SSSR count). The molecule has 2 heterocycles. The molecule has 1 aromatic carbocycles. The Balaban J connectivity index is 1.51. The third-order valence-electron chi connectivity index (χ3n) is 4.18. The average molecular weight is 368 g/mol. The first-order valence-corrected chi connectivity index (χ1v) is 8.52. The molecule has 140 valence electrons. The highest BCUT2D eigenvalue weighted by Gasteiger charge is 2.37. The zero-order valence-corrected chi connectivity index (χ0v) is 14.8. The average Bonchev–Trinajstić information content (AvgIpc) is 2.95. The first-order valence-electron chi connectivity index (χ1n) is 8.52. The van der Waals surface area contributed by atoms with Crippen molar-refractivity contribution in [3.8, 4) is 5.88 Å². The van der Waals surface area contributed by atoms with Crippen LogP contribution in [0.25, 0.3) is 0 Å². The van der Waals surface area contributed by atoms with E-state index in [0.29, 0.717) is 11.6 Å². The van der Waals surface area contributed by atoms with Crippen molar-refractivity contribution in [1.29, 1.82) is 0 Å². The Morgan fingerprint density at radius 2 is 2.00 bits per heavy atom. The molecule has 1 aromatic heterocycles. The summed E-state index contributed by atoms with van der Waals surface area (Å²) in [4.78, 5) is 41.8. The van der Waals surface area contributed by atoms with Crippen molar-refractivity contribution < 1.29 is 19.1 Å². The molecule has 0 bridgehead atoms. The monoisotopic (exact) mass is 368 g/mol. The number of nitrogens with zero attached hydrogens (tertiary/aromatic N) is 2. The normalized spacial score (nSPS) is 16.2. The maximum Gasteiger partial charge on any atom is 0.325 e. The molecule has 8 nitrogen and oxygen atoms in total. The smallest absolute Gasteiger partial charge is 0.325 e. The van der Waals surface area contributed by atoms with Gasteiger partial charge in [-0.15, -0.1) is 0 Å². The molecular weight excluding hydrogens is 348 g/mol. The van der Waals surface area contributed by atoms with E-state index in [4.69, 9.17) is 4.74 Å². The standard InChI is InChI=1S/C19H20N4O4/c1-27-17-10-7-14(11-20-17)21-16(24)9-8-15-18(25)23(19(26)22-15)12-13-5-3-2-4-6-13/h2-7,10-11,15H,8-9,12H2,1H3,(H,21,24)(H,22,26)/t15-/m1/s1. The second kappa shape index (κ2) is 8.31. The van der Waals surface area contributed by atoms with E-state index in [9.17, 15) is 14.4 Å². The minimum absolute atomic E-state index is 0.0991. The number of methoxy groups -OCH3 is 1. The molecule has 27 heavy (non-hydrogen) atoms. The van der Waals surface area contributed by atoms with Crippen LogP contribution in [0.15, 0.2) is 48.7 Å². The van der Waals surface area contributed by atoms with Gasteiger partial charge in [0.1, 0.15) is 6.04 Å². The lowest BCUT2D eigenvalue weighted by molar-refractivity contribution is -0.128. The van der Waals surface area contributed by atoms with E-state index in [-0.39, 0.29) is 31.2 Å². The lowest BCUT2D eigenvalue weighted by atomic mass is 10.1. The van der Waals surface area contributed by atoms with E-state index < -0.39 is 12.1 Å². The Hall–Kier alpha value is -3.42. The third-order valence-corrected chi connectivity index (χ3v) is 4.18. The van der Waals surface area contributed by atoms with Crippen molar-refractivity contribution in [2.45, 2.75) is 25.4 Å². The Labute approximate surface area is 156 Å². The largest absolute Gasteiger partial charge is 0.481 e. The molecule has 1 aliphatic heterocycles. The maximum absolute atomic E-state index is 12.4. The van der Waals surface area contributed by atoms with Gasteiger partial charge in [0.25, 0.3) is 5.91 Å². The number of urea groups is 1. The second-order valence-corrected chi connectivity index (χ2v) is 6.09. The molecule has 0 saturated carbocycles. The van der Waals surface area contributed by atoms with Crippen molar-refractivity contribution in [2.24, 2.45) is 0 Å². The van der Waals surface area contributed by atoms with Crippen LogP contribution in [-0.4, -0.2) is 40.9 Å². The quantitative estimate of drug-likeness (QED) is 0.728. The third kappa shape index (κ3) is 4.60. The maximum atomic E-state index is 12.4. The van der Waals surface area contributed by atoms with E-state index in [1.165, 1.54) is 18.2 Å². The molecule has 1 saturated heterocycles. The van der Waals surface area contributed by atoms with Gasteiger partial charge in [-0.05, 0) is 18.1 Å². The highest BCUT2D eigenvalue weighted by atomic mass is 16.5. The van der Waals surface area contributed by atoms with Gasteiger partial charge in [0, 0.05) is 12.5 Å². The van der Waals surface area contributed by atoms with E-state index >= 15 is 0 Å². The van der Waals surface area contributed by atoms with Crippen LogP contribution in [0, 0.1) is 0 Å². The van der Waals surface area contributed by atoms with Crippen LogP contribution in [0.4, 0.5) is 10.5 Å². The summed E-state index contributed by atoms with van der Waals surface area (Å²) in [5.74, 6) is -0.126. The molecule has 2 aromatic rings. The number of nitrogens with one attached hydrogen (secondary N) is 2. The van der Waals surface area contributed by atoms with E-state index in [1.54, 1.807) is 12.1 Å². The number of anilines is 1. The lowest BCUT2D eigenvalue weighted by Gasteiger charge is -2.13. The Morgan fingerprint density at radius 3 is 2.67 bits per heavy atom. The van der Waals surface area contributed by atoms with Gasteiger partial charge in [-0.3, -0.25) is 14.5 Å². The van der Waals surface area contributed by atoms with Gasteiger partial charge in [0.15, 0.2) is 0 Å². The fourth-order valence-electron chi connectivity index (χ4n) is 2.76. The van der Waals surface area contributed by atoms with Gasteiger partial charge in [-0.2, -0.15) is 0 Å². The van der Waals surface area contributed by atoms with Crippen LogP contribution >= 0.6 is 0 Å². The molecule has 1 fully saturated rings. The minimum atomic E-state index is -0.694. The molecule has 8 heteroatoms. The molecule has 0 aliphatic carbocycles. The number of amides is 4. The van der Waals surface area contributed by atoms with E-state index in [2.05, 4.69) is 15.6 Å². The van der Waals surface area contributed by atoms with Crippen molar-refractivity contribution in [3.05, 3.63) is 54.2 Å². The Kier molecular flexibility index (Phi) is 5.65. The van der Waals surface area contributed by atoms with Crippen LogP contribution in [0.3, 0.4) is 0 Å². The summed E-state index contributed by atoms with van der Waals surface area (Å²) in [6.07, 6.45) is 1.81. The van der Waals surface area contributed by atoms with Crippen LogP contribution in [0.1, 0.15) is 18.4 Å². The van der Waals surface area contributed by atoms with Crippen LogP contribution in [0.2, 0.25) is 0 Å². The predicted molar refractivity (Wildman–Crippen MR) is 98.0 cm³/mol. The number of rotatable bonds is 7. The molecule has 1 aliphatic rings. The fraction of sp³-hybridized carbons (Fsp3) is 0.263. The number of hydrogen-bond donors (Lipinski definition) is 2. The summed E-state index contributed by atoms with van der Waals surface area (Å²) in [5, 5.41) is 5.34. The van der Waals surface area contributed by atoms with E-state index in [0.717, 1.165) is 5.56 Å². The zero-order valence-electron chi connectivity index (χ0n) is 14.8.